The van der Waals surface area contributed by atoms with Crippen molar-refractivity contribution in [2.24, 2.45) is 7.05 Å². The average molecular weight is 446 g/mol. The lowest BCUT2D eigenvalue weighted by Crippen LogP contribution is -2.03. The predicted molar refractivity (Wildman–Crippen MR) is 105 cm³/mol. The molecule has 0 aliphatic carbocycles. The van der Waals surface area contributed by atoms with Crippen molar-refractivity contribution in [1.29, 1.82) is 0 Å². The number of methoxy groups -OCH3 is 1. The number of nitrogens with zero attached hydrogens (tertiary/aromatic N) is 5. The highest BCUT2D eigenvalue weighted by molar-refractivity contribution is 9.10. The van der Waals surface area contributed by atoms with Crippen LogP contribution in [0.5, 0.6) is 5.75 Å². The fourth-order valence-electron chi connectivity index (χ4n) is 2.66. The second-order valence-electron chi connectivity index (χ2n) is 5.92. The van der Waals surface area contributed by atoms with Crippen molar-refractivity contribution in [1.82, 2.24) is 19.6 Å². The quantitative estimate of drug-likeness (QED) is 0.239. The maximum atomic E-state index is 12.3. The summed E-state index contributed by atoms with van der Waals surface area (Å²) in [6.07, 6.45) is 7.59. The number of benzene rings is 1. The van der Waals surface area contributed by atoms with E-state index in [2.05, 4.69) is 26.1 Å². The number of ether oxygens (including phenoxy) is 1. The third-order valence-electron chi connectivity index (χ3n) is 3.91. The van der Waals surface area contributed by atoms with Crippen LogP contribution in [0.2, 0.25) is 0 Å². The van der Waals surface area contributed by atoms with Crippen LogP contribution in [-0.4, -0.2) is 37.4 Å². The Balaban J connectivity index is 1.85. The molecule has 0 unspecified atom stereocenters. The molecular weight excluding hydrogens is 430 g/mol. The minimum Gasteiger partial charge on any atom is -0.496 e. The van der Waals surface area contributed by atoms with Crippen molar-refractivity contribution >= 4 is 33.5 Å². The van der Waals surface area contributed by atoms with Crippen LogP contribution in [0.15, 0.2) is 47.3 Å². The highest BCUT2D eigenvalue weighted by atomic mass is 79.9. The molecule has 0 aliphatic heterocycles. The summed E-state index contributed by atoms with van der Waals surface area (Å²) in [4.78, 5) is 22.8. The minimum atomic E-state index is -0.623. The summed E-state index contributed by atoms with van der Waals surface area (Å²) in [5, 5.41) is 19.2. The molecule has 2 aromatic heterocycles. The zero-order valence-corrected chi connectivity index (χ0v) is 16.7. The lowest BCUT2D eigenvalue weighted by Gasteiger charge is -2.09. The zero-order valence-electron chi connectivity index (χ0n) is 15.1. The van der Waals surface area contributed by atoms with Crippen molar-refractivity contribution < 1.29 is 14.5 Å². The number of hydrogen-bond donors (Lipinski definition) is 0. The largest absolute Gasteiger partial charge is 0.496 e. The number of hydrogen-bond acceptors (Lipinski definition) is 6. The second kappa shape index (κ2) is 8.17. The Kier molecular flexibility index (Phi) is 5.69. The molecule has 0 fully saturated rings. The van der Waals surface area contributed by atoms with E-state index in [9.17, 15) is 14.9 Å². The highest BCUT2D eigenvalue weighted by Crippen LogP contribution is 2.23. The predicted octanol–water partition coefficient (Wildman–Crippen LogP) is 3.24. The first kappa shape index (κ1) is 19.5. The number of halogens is 1. The maximum absolute atomic E-state index is 12.3. The van der Waals surface area contributed by atoms with Crippen molar-refractivity contribution in [2.45, 2.75) is 6.54 Å². The second-order valence-corrected chi connectivity index (χ2v) is 6.83. The molecule has 28 heavy (non-hydrogen) atoms. The Hall–Kier alpha value is -3.27. The van der Waals surface area contributed by atoms with Crippen LogP contribution in [0.3, 0.4) is 0 Å². The lowest BCUT2D eigenvalue weighted by atomic mass is 10.1. The van der Waals surface area contributed by atoms with Gasteiger partial charge in [0.2, 0.25) is 11.5 Å². The van der Waals surface area contributed by atoms with E-state index in [0.717, 1.165) is 15.6 Å². The summed E-state index contributed by atoms with van der Waals surface area (Å²) in [5.74, 6) is 0.149. The SMILES string of the molecule is COc1ccc(/C=C/C(=O)c2nn(C)cc2[N+](=O)[O-])cc1Cn1cc(Br)cn1. The van der Waals surface area contributed by atoms with E-state index < -0.39 is 10.7 Å². The number of rotatable bonds is 7. The zero-order chi connectivity index (χ0) is 20.3. The van der Waals surface area contributed by atoms with Gasteiger partial charge in [-0.15, -0.1) is 0 Å². The fraction of sp³-hybridized carbons (Fsp3) is 0.167. The summed E-state index contributed by atoms with van der Waals surface area (Å²) in [7, 11) is 3.11. The maximum Gasteiger partial charge on any atom is 0.318 e. The summed E-state index contributed by atoms with van der Waals surface area (Å²) in [5.41, 5.74) is 1.10. The molecule has 3 aromatic rings. The molecule has 0 saturated heterocycles. The Morgan fingerprint density at radius 1 is 1.39 bits per heavy atom. The summed E-state index contributed by atoms with van der Waals surface area (Å²) in [6.45, 7) is 0.482. The fourth-order valence-corrected chi connectivity index (χ4v) is 2.99. The van der Waals surface area contributed by atoms with Gasteiger partial charge in [0.15, 0.2) is 0 Å². The number of nitro groups is 1. The molecule has 0 spiro atoms. The van der Waals surface area contributed by atoms with E-state index >= 15 is 0 Å². The van der Waals surface area contributed by atoms with Gasteiger partial charge in [0.1, 0.15) is 11.9 Å². The topological polar surface area (TPSA) is 105 Å². The van der Waals surface area contributed by atoms with Crippen LogP contribution < -0.4 is 4.74 Å². The van der Waals surface area contributed by atoms with Gasteiger partial charge in [-0.3, -0.25) is 24.3 Å². The Morgan fingerprint density at radius 3 is 2.82 bits per heavy atom. The molecule has 0 bridgehead atoms. The summed E-state index contributed by atoms with van der Waals surface area (Å²) < 4.78 is 9.24. The van der Waals surface area contributed by atoms with E-state index in [1.807, 2.05) is 12.3 Å². The third kappa shape index (κ3) is 4.34. The smallest absolute Gasteiger partial charge is 0.318 e. The van der Waals surface area contributed by atoms with E-state index in [1.165, 1.54) is 24.0 Å². The van der Waals surface area contributed by atoms with Crippen LogP contribution in [0.1, 0.15) is 21.6 Å². The number of carbonyl (C=O) groups is 1. The molecule has 0 saturated carbocycles. The van der Waals surface area contributed by atoms with Gasteiger partial charge in [-0.1, -0.05) is 12.1 Å². The van der Waals surface area contributed by atoms with E-state index in [0.29, 0.717) is 12.3 Å². The molecule has 0 radical (unpaired) electrons. The van der Waals surface area contributed by atoms with Crippen LogP contribution in [-0.2, 0) is 13.6 Å². The van der Waals surface area contributed by atoms with Crippen molar-refractivity contribution in [2.75, 3.05) is 7.11 Å². The molecule has 3 rings (SSSR count). The first-order chi connectivity index (χ1) is 13.4. The van der Waals surface area contributed by atoms with Gasteiger partial charge in [-0.25, -0.2) is 0 Å². The average Bonchev–Trinajstić information content (AvgIpc) is 3.25. The van der Waals surface area contributed by atoms with Gasteiger partial charge in [-0.05, 0) is 39.7 Å². The molecular formula is C18H16BrN5O4. The molecule has 9 nitrogen and oxygen atoms in total. The normalized spacial score (nSPS) is 11.1. The van der Waals surface area contributed by atoms with Gasteiger partial charge in [0.25, 0.3) is 0 Å². The number of allylic oxidation sites excluding steroid dienone is 1. The van der Waals surface area contributed by atoms with Crippen LogP contribution in [0.25, 0.3) is 6.08 Å². The van der Waals surface area contributed by atoms with Gasteiger partial charge >= 0.3 is 5.69 Å². The molecule has 0 amide bonds. The number of carbonyl (C=O) groups excluding carboxylic acids is 1. The summed E-state index contributed by atoms with van der Waals surface area (Å²) >= 11 is 3.36. The first-order valence-electron chi connectivity index (χ1n) is 8.12. The van der Waals surface area contributed by atoms with Gasteiger partial charge in [0.05, 0.1) is 29.2 Å². The van der Waals surface area contributed by atoms with Gasteiger partial charge in [0, 0.05) is 18.8 Å². The van der Waals surface area contributed by atoms with E-state index in [1.54, 1.807) is 36.2 Å². The van der Waals surface area contributed by atoms with E-state index in [-0.39, 0.29) is 11.4 Å². The number of aryl methyl sites for hydroxylation is 1. The molecule has 0 N–H and O–H groups in total. The standard InChI is InChI=1S/C18H16BrN5O4/c1-22-11-15(24(26)27)18(21-22)16(25)5-3-12-4-6-17(28-2)13(7-12)9-23-10-14(19)8-20-23/h3-8,10-11H,9H2,1-2H3/b5-3+. The number of aromatic nitrogens is 4. The molecule has 0 aliphatic rings. The lowest BCUT2D eigenvalue weighted by molar-refractivity contribution is -0.385. The van der Waals surface area contributed by atoms with Crippen LogP contribution >= 0.6 is 15.9 Å². The molecule has 2 heterocycles. The molecule has 1 aromatic carbocycles. The van der Waals surface area contributed by atoms with Crippen LogP contribution in [0, 0.1) is 10.1 Å². The molecule has 10 heteroatoms. The Labute approximate surface area is 168 Å². The Morgan fingerprint density at radius 2 is 2.18 bits per heavy atom. The van der Waals surface area contributed by atoms with Crippen molar-refractivity contribution in [3.05, 3.63) is 74.3 Å². The molecule has 0 atom stereocenters. The van der Waals surface area contributed by atoms with Crippen molar-refractivity contribution in [3.8, 4) is 5.75 Å². The van der Waals surface area contributed by atoms with E-state index in [4.69, 9.17) is 4.74 Å². The van der Waals surface area contributed by atoms with Crippen molar-refractivity contribution in [3.63, 3.8) is 0 Å². The Bertz CT molecular complexity index is 1070. The molecule has 144 valence electrons. The van der Waals surface area contributed by atoms with Gasteiger partial charge in [-0.2, -0.15) is 10.2 Å². The summed E-state index contributed by atoms with van der Waals surface area (Å²) in [6, 6.07) is 5.45. The first-order valence-corrected chi connectivity index (χ1v) is 8.92. The number of ketones is 1. The van der Waals surface area contributed by atoms with Gasteiger partial charge < -0.3 is 4.74 Å². The third-order valence-corrected chi connectivity index (χ3v) is 4.31. The highest BCUT2D eigenvalue weighted by Gasteiger charge is 2.23. The monoisotopic (exact) mass is 445 g/mol. The minimum absolute atomic E-state index is 0.195. The van der Waals surface area contributed by atoms with Crippen LogP contribution in [0.4, 0.5) is 5.69 Å².